The van der Waals surface area contributed by atoms with Crippen LogP contribution in [0, 0.1) is 0 Å². The van der Waals surface area contributed by atoms with Crippen LogP contribution in [0.4, 0.5) is 16.2 Å². The fourth-order valence-electron chi connectivity index (χ4n) is 3.97. The third-order valence-corrected chi connectivity index (χ3v) is 5.86. The van der Waals surface area contributed by atoms with Crippen molar-refractivity contribution in [1.82, 2.24) is 10.6 Å². The Bertz CT molecular complexity index is 1360. The Kier molecular flexibility index (Phi) is 10.4. The maximum atomic E-state index is 13.0. The Morgan fingerprint density at radius 1 is 0.625 bits per heavy atom. The molecule has 0 aromatic heterocycles. The zero-order valence-electron chi connectivity index (χ0n) is 23.3. The summed E-state index contributed by atoms with van der Waals surface area (Å²) in [5.41, 5.74) is 3.40. The van der Waals surface area contributed by atoms with E-state index in [1.54, 1.807) is 70.3 Å². The Labute approximate surface area is 234 Å². The van der Waals surface area contributed by atoms with Crippen LogP contribution in [-0.4, -0.2) is 36.5 Å². The molecule has 0 saturated heterocycles. The molecule has 0 saturated carbocycles. The molecule has 4 N–H and O–H groups in total. The van der Waals surface area contributed by atoms with Crippen LogP contribution >= 0.6 is 0 Å². The maximum Gasteiger partial charge on any atom is 0.407 e. The van der Waals surface area contributed by atoms with Gasteiger partial charge >= 0.3 is 6.09 Å². The van der Waals surface area contributed by atoms with Crippen molar-refractivity contribution in [1.29, 1.82) is 0 Å². The predicted octanol–water partition coefficient (Wildman–Crippen LogP) is 4.36. The number of anilines is 2. The van der Waals surface area contributed by atoms with E-state index in [1.807, 2.05) is 30.3 Å². The molecular formula is C31H36N4O5. The van der Waals surface area contributed by atoms with Crippen LogP contribution in [0.1, 0.15) is 43.0 Å². The number of alkyl carbamates (subject to hydrolysis) is 1. The Morgan fingerprint density at radius 2 is 1.05 bits per heavy atom. The van der Waals surface area contributed by atoms with Gasteiger partial charge in [0.25, 0.3) is 0 Å². The highest BCUT2D eigenvalue weighted by molar-refractivity contribution is 5.97. The van der Waals surface area contributed by atoms with E-state index >= 15 is 0 Å². The van der Waals surface area contributed by atoms with Crippen LogP contribution in [0.15, 0.2) is 72.8 Å². The van der Waals surface area contributed by atoms with Crippen LogP contribution in [0.2, 0.25) is 0 Å². The fourth-order valence-corrected chi connectivity index (χ4v) is 3.97. The molecule has 0 aliphatic carbocycles. The minimum atomic E-state index is -0.608. The van der Waals surface area contributed by atoms with Crippen LogP contribution < -0.4 is 21.3 Å². The number of hydrogen-bond acceptors (Lipinski definition) is 5. The quantitative estimate of drug-likeness (QED) is 0.302. The number of benzene rings is 3. The summed E-state index contributed by atoms with van der Waals surface area (Å²) >= 11 is 0. The van der Waals surface area contributed by atoms with E-state index in [4.69, 9.17) is 4.74 Å². The second kappa shape index (κ2) is 13.9. The molecule has 3 rings (SSSR count). The topological polar surface area (TPSA) is 126 Å². The molecule has 0 atom stereocenters. The highest BCUT2D eigenvalue weighted by Crippen LogP contribution is 2.20. The molecule has 9 nitrogen and oxygen atoms in total. The minimum Gasteiger partial charge on any atom is -0.444 e. The maximum absolute atomic E-state index is 13.0. The number of nitrogens with one attached hydrogen (secondary N) is 4. The number of hydrogen-bond donors (Lipinski definition) is 4. The van der Waals surface area contributed by atoms with E-state index in [9.17, 15) is 19.2 Å². The molecule has 0 radical (unpaired) electrons. The van der Waals surface area contributed by atoms with Gasteiger partial charge in [-0.05, 0) is 55.2 Å². The summed E-state index contributed by atoms with van der Waals surface area (Å²) in [6.45, 7) is 5.59. The average molecular weight is 545 g/mol. The highest BCUT2D eigenvalue weighted by Gasteiger charge is 2.17. The first-order chi connectivity index (χ1) is 19.0. The van der Waals surface area contributed by atoms with E-state index in [2.05, 4.69) is 21.3 Å². The lowest BCUT2D eigenvalue weighted by atomic mass is 10.0. The van der Waals surface area contributed by atoms with Crippen LogP contribution in [0.3, 0.4) is 0 Å². The van der Waals surface area contributed by atoms with E-state index < -0.39 is 11.7 Å². The summed E-state index contributed by atoms with van der Waals surface area (Å²) in [6, 6.07) is 21.6. The fraction of sp³-hybridized carbons (Fsp3) is 0.290. The average Bonchev–Trinajstić information content (AvgIpc) is 2.89. The summed E-state index contributed by atoms with van der Waals surface area (Å²) < 4.78 is 5.29. The zero-order valence-corrected chi connectivity index (χ0v) is 23.3. The molecule has 0 unspecified atom stereocenters. The molecule has 0 fully saturated rings. The number of likely N-dealkylation sites (N-methyl/N-ethyl adjacent to an activating group) is 1. The zero-order chi connectivity index (χ0) is 29.1. The molecule has 0 aliphatic heterocycles. The number of ether oxygens (including phenoxy) is 1. The molecule has 3 aromatic rings. The van der Waals surface area contributed by atoms with Gasteiger partial charge < -0.3 is 26.0 Å². The monoisotopic (exact) mass is 544 g/mol. The van der Waals surface area contributed by atoms with Crippen LogP contribution in [0.5, 0.6) is 0 Å². The van der Waals surface area contributed by atoms with Crippen LogP contribution in [0.25, 0.3) is 0 Å². The van der Waals surface area contributed by atoms with Gasteiger partial charge in [-0.1, -0.05) is 60.7 Å². The van der Waals surface area contributed by atoms with Gasteiger partial charge in [0.1, 0.15) is 5.60 Å². The van der Waals surface area contributed by atoms with Gasteiger partial charge in [-0.3, -0.25) is 14.4 Å². The number of carbonyl (C=O) groups excluding carboxylic acids is 4. The van der Waals surface area contributed by atoms with Crippen molar-refractivity contribution in [3.63, 3.8) is 0 Å². The number of carbonyl (C=O) groups is 4. The van der Waals surface area contributed by atoms with E-state index in [-0.39, 0.29) is 43.5 Å². The highest BCUT2D eigenvalue weighted by atomic mass is 16.6. The van der Waals surface area contributed by atoms with E-state index in [0.717, 1.165) is 11.1 Å². The summed E-state index contributed by atoms with van der Waals surface area (Å²) in [7, 11) is 1.56. The Hall–Kier alpha value is -4.66. The van der Waals surface area contributed by atoms with Crippen molar-refractivity contribution in [3.8, 4) is 0 Å². The summed E-state index contributed by atoms with van der Waals surface area (Å²) in [4.78, 5) is 49.8. The molecule has 4 amide bonds. The smallest absolute Gasteiger partial charge is 0.407 e. The van der Waals surface area contributed by atoms with Gasteiger partial charge in [0.15, 0.2) is 0 Å². The second-order valence-corrected chi connectivity index (χ2v) is 10.2. The third-order valence-electron chi connectivity index (χ3n) is 5.86. The van der Waals surface area contributed by atoms with E-state index in [1.165, 1.54) is 0 Å². The lowest BCUT2D eigenvalue weighted by Crippen LogP contribution is -2.32. The van der Waals surface area contributed by atoms with Crippen molar-refractivity contribution in [3.05, 3.63) is 95.1 Å². The van der Waals surface area contributed by atoms with E-state index in [0.29, 0.717) is 22.5 Å². The molecule has 0 aliphatic rings. The van der Waals surface area contributed by atoms with Gasteiger partial charge in [-0.15, -0.1) is 0 Å². The standard InChI is InChI=1S/C31H36N4O5/c1-31(2,3)40-30(39)33-20-24-14-6-5-11-21(24)17-28(37)34-26-16-10-8-13-23(26)19-29(38)35-25-15-9-7-12-22(25)18-27(36)32-4/h5-16H,17-20H2,1-4H3,(H,32,36)(H,33,39)(H,34,37)(H,35,38). The molecular weight excluding hydrogens is 508 g/mol. The lowest BCUT2D eigenvalue weighted by molar-refractivity contribution is -0.120. The van der Waals surface area contributed by atoms with Crippen molar-refractivity contribution in [2.75, 3.05) is 17.7 Å². The Balaban J connectivity index is 1.64. The predicted molar refractivity (Wildman–Crippen MR) is 155 cm³/mol. The first-order valence-electron chi connectivity index (χ1n) is 13.0. The molecule has 0 spiro atoms. The first-order valence-corrected chi connectivity index (χ1v) is 13.0. The van der Waals surface area contributed by atoms with Gasteiger partial charge in [0.05, 0.1) is 19.3 Å². The largest absolute Gasteiger partial charge is 0.444 e. The lowest BCUT2D eigenvalue weighted by Gasteiger charge is -2.20. The number of para-hydroxylation sites is 2. The summed E-state index contributed by atoms with van der Waals surface area (Å²) in [5, 5.41) is 11.1. The molecule has 3 aromatic carbocycles. The Morgan fingerprint density at radius 3 is 1.55 bits per heavy atom. The third kappa shape index (κ3) is 9.58. The van der Waals surface area contributed by atoms with Crippen molar-refractivity contribution < 1.29 is 23.9 Å². The molecule has 9 heteroatoms. The number of amides is 4. The van der Waals surface area contributed by atoms with Gasteiger partial charge in [-0.2, -0.15) is 0 Å². The molecule has 210 valence electrons. The SMILES string of the molecule is CNC(=O)Cc1ccccc1NC(=O)Cc1ccccc1NC(=O)Cc1ccccc1CNC(=O)OC(C)(C)C. The van der Waals surface area contributed by atoms with Crippen molar-refractivity contribution in [2.45, 2.75) is 52.2 Å². The summed E-state index contributed by atoms with van der Waals surface area (Å²) in [6.07, 6.45) is -0.273. The van der Waals surface area contributed by atoms with Crippen molar-refractivity contribution >= 4 is 35.2 Å². The minimum absolute atomic E-state index is 0.0289. The summed E-state index contributed by atoms with van der Waals surface area (Å²) in [5.74, 6) is -0.685. The molecule has 0 bridgehead atoms. The molecule has 0 heterocycles. The van der Waals surface area contributed by atoms with Crippen LogP contribution in [-0.2, 0) is 44.9 Å². The van der Waals surface area contributed by atoms with Gasteiger partial charge in [-0.25, -0.2) is 4.79 Å². The van der Waals surface area contributed by atoms with Gasteiger partial charge in [0.2, 0.25) is 17.7 Å². The second-order valence-electron chi connectivity index (χ2n) is 10.2. The normalized spacial score (nSPS) is 10.8. The number of rotatable bonds is 10. The van der Waals surface area contributed by atoms with Crippen molar-refractivity contribution in [2.24, 2.45) is 0 Å². The first kappa shape index (κ1) is 29.9. The molecule has 40 heavy (non-hydrogen) atoms. The van der Waals surface area contributed by atoms with Gasteiger partial charge in [0, 0.05) is 25.0 Å².